The lowest BCUT2D eigenvalue weighted by Gasteiger charge is -2.13. The average Bonchev–Trinajstić information content (AvgIpc) is 2.50. The molecule has 1 N–H and O–H groups in total. The van der Waals surface area contributed by atoms with E-state index in [1.54, 1.807) is 6.92 Å². The minimum atomic E-state index is -0.526. The molecule has 1 unspecified atom stereocenters. The van der Waals surface area contributed by atoms with Crippen molar-refractivity contribution in [2.75, 3.05) is 6.61 Å². The second-order valence-corrected chi connectivity index (χ2v) is 4.80. The number of carbonyl (C=O) groups excluding carboxylic acids is 1. The summed E-state index contributed by atoms with van der Waals surface area (Å²) < 4.78 is 5.01. The molecule has 3 heteroatoms. The van der Waals surface area contributed by atoms with Crippen LogP contribution in [-0.4, -0.2) is 17.7 Å². The zero-order valence-electron chi connectivity index (χ0n) is 11.7. The average molecular weight is 272 g/mol. The maximum Gasteiger partial charge on any atom is 0.305 e. The number of aliphatic hydroxyl groups is 1. The molecule has 0 radical (unpaired) electrons. The second kappa shape index (κ2) is 7.06. The van der Waals surface area contributed by atoms with Crippen molar-refractivity contribution in [2.45, 2.75) is 32.3 Å². The van der Waals surface area contributed by atoms with Gasteiger partial charge >= 0.3 is 5.97 Å². The van der Waals surface area contributed by atoms with Gasteiger partial charge in [0.15, 0.2) is 0 Å². The van der Waals surface area contributed by atoms with Gasteiger partial charge in [0.05, 0.1) is 12.7 Å². The molecule has 1 atom stereocenters. The van der Waals surface area contributed by atoms with Crippen LogP contribution in [-0.2, 0) is 9.53 Å². The molecule has 2 rings (SSSR count). The first-order valence-electron chi connectivity index (χ1n) is 7.03. The summed E-state index contributed by atoms with van der Waals surface area (Å²) in [6.45, 7) is 2.14. The predicted molar refractivity (Wildman–Crippen MR) is 79.4 cm³/mol. The van der Waals surface area contributed by atoms with Crippen molar-refractivity contribution in [3.8, 4) is 0 Å². The van der Waals surface area contributed by atoms with E-state index in [4.69, 9.17) is 4.74 Å². The SMILES string of the molecule is CCC(=O)OCCCC(O)c1cccc2ccccc12. The van der Waals surface area contributed by atoms with Crippen LogP contribution in [0.4, 0.5) is 0 Å². The molecule has 0 aliphatic heterocycles. The first kappa shape index (κ1) is 14.5. The maximum absolute atomic E-state index is 11.0. The number of carbonyl (C=O) groups is 1. The Balaban J connectivity index is 1.97. The smallest absolute Gasteiger partial charge is 0.305 e. The van der Waals surface area contributed by atoms with Crippen LogP contribution in [0.15, 0.2) is 42.5 Å². The van der Waals surface area contributed by atoms with Gasteiger partial charge in [-0.1, -0.05) is 49.4 Å². The Bertz CT molecular complexity index is 572. The third-order valence-electron chi connectivity index (χ3n) is 3.36. The number of benzene rings is 2. The van der Waals surface area contributed by atoms with Gasteiger partial charge in [-0.3, -0.25) is 4.79 Å². The van der Waals surface area contributed by atoms with Gasteiger partial charge in [0.25, 0.3) is 0 Å². The van der Waals surface area contributed by atoms with E-state index in [0.29, 0.717) is 25.9 Å². The van der Waals surface area contributed by atoms with E-state index < -0.39 is 6.10 Å². The highest BCUT2D eigenvalue weighted by Crippen LogP contribution is 2.26. The highest BCUT2D eigenvalue weighted by Gasteiger charge is 2.11. The van der Waals surface area contributed by atoms with Crippen molar-refractivity contribution in [1.29, 1.82) is 0 Å². The molecule has 0 aliphatic carbocycles. The van der Waals surface area contributed by atoms with Gasteiger partial charge in [-0.25, -0.2) is 0 Å². The van der Waals surface area contributed by atoms with E-state index in [1.807, 2.05) is 42.5 Å². The second-order valence-electron chi connectivity index (χ2n) is 4.80. The van der Waals surface area contributed by atoms with E-state index in [-0.39, 0.29) is 5.97 Å². The summed E-state index contributed by atoms with van der Waals surface area (Å²) in [7, 11) is 0. The number of rotatable bonds is 6. The standard InChI is InChI=1S/C17H20O3/c1-2-17(19)20-12-6-11-16(18)15-10-5-8-13-7-3-4-9-14(13)15/h3-5,7-10,16,18H,2,6,11-12H2,1H3. The lowest BCUT2D eigenvalue weighted by molar-refractivity contribution is -0.143. The summed E-state index contributed by atoms with van der Waals surface area (Å²) >= 11 is 0. The van der Waals surface area contributed by atoms with Gasteiger partial charge in [-0.2, -0.15) is 0 Å². The lowest BCUT2D eigenvalue weighted by Crippen LogP contribution is -2.06. The molecule has 0 aromatic heterocycles. The van der Waals surface area contributed by atoms with Gasteiger partial charge < -0.3 is 9.84 Å². The molecule has 106 valence electrons. The van der Waals surface area contributed by atoms with Crippen molar-refractivity contribution in [3.05, 3.63) is 48.0 Å². The van der Waals surface area contributed by atoms with Crippen LogP contribution >= 0.6 is 0 Å². The van der Waals surface area contributed by atoms with Crippen LogP contribution in [0, 0.1) is 0 Å². The molecule has 0 saturated heterocycles. The lowest BCUT2D eigenvalue weighted by atomic mass is 9.98. The fourth-order valence-corrected chi connectivity index (χ4v) is 2.26. The number of ether oxygens (including phenoxy) is 1. The van der Waals surface area contributed by atoms with Crippen LogP contribution in [0.3, 0.4) is 0 Å². The van der Waals surface area contributed by atoms with Gasteiger partial charge in [0.2, 0.25) is 0 Å². The molecule has 2 aromatic carbocycles. The fourth-order valence-electron chi connectivity index (χ4n) is 2.26. The summed E-state index contributed by atoms with van der Waals surface area (Å²) in [6, 6.07) is 14.0. The largest absolute Gasteiger partial charge is 0.466 e. The Kier molecular flexibility index (Phi) is 5.13. The number of hydrogen-bond acceptors (Lipinski definition) is 3. The van der Waals surface area contributed by atoms with Gasteiger partial charge in [-0.15, -0.1) is 0 Å². The van der Waals surface area contributed by atoms with Crippen molar-refractivity contribution in [3.63, 3.8) is 0 Å². The topological polar surface area (TPSA) is 46.5 Å². The van der Waals surface area contributed by atoms with E-state index in [1.165, 1.54) is 0 Å². The molecule has 0 amide bonds. The zero-order valence-corrected chi connectivity index (χ0v) is 11.7. The fraction of sp³-hybridized carbons (Fsp3) is 0.353. The maximum atomic E-state index is 11.0. The van der Waals surface area contributed by atoms with E-state index in [2.05, 4.69) is 0 Å². The Morgan fingerprint density at radius 1 is 1.20 bits per heavy atom. The first-order chi connectivity index (χ1) is 9.72. The van der Waals surface area contributed by atoms with Gasteiger partial charge in [0.1, 0.15) is 0 Å². The molecule has 0 saturated carbocycles. The van der Waals surface area contributed by atoms with Crippen LogP contribution in [0.1, 0.15) is 37.9 Å². The number of aliphatic hydroxyl groups excluding tert-OH is 1. The van der Waals surface area contributed by atoms with E-state index >= 15 is 0 Å². The minimum Gasteiger partial charge on any atom is -0.466 e. The Hall–Kier alpha value is -1.87. The van der Waals surface area contributed by atoms with Crippen LogP contribution in [0.2, 0.25) is 0 Å². The van der Waals surface area contributed by atoms with E-state index in [9.17, 15) is 9.90 Å². The Labute approximate surface area is 119 Å². The van der Waals surface area contributed by atoms with Crippen molar-refractivity contribution in [1.82, 2.24) is 0 Å². The Morgan fingerprint density at radius 2 is 1.95 bits per heavy atom. The molecule has 3 nitrogen and oxygen atoms in total. The highest BCUT2D eigenvalue weighted by molar-refractivity contribution is 5.85. The minimum absolute atomic E-state index is 0.190. The van der Waals surface area contributed by atoms with Crippen LogP contribution in [0.5, 0.6) is 0 Å². The predicted octanol–water partition coefficient (Wildman–Crippen LogP) is 3.61. The molecular formula is C17H20O3. The first-order valence-corrected chi connectivity index (χ1v) is 7.03. The monoisotopic (exact) mass is 272 g/mol. The summed E-state index contributed by atoms with van der Waals surface area (Å²) in [5, 5.41) is 12.5. The normalized spacial score (nSPS) is 12.3. The molecular weight excluding hydrogens is 252 g/mol. The molecule has 0 spiro atoms. The molecule has 0 fully saturated rings. The van der Waals surface area contributed by atoms with Crippen molar-refractivity contribution < 1.29 is 14.6 Å². The number of esters is 1. The third kappa shape index (κ3) is 3.58. The van der Waals surface area contributed by atoms with Crippen molar-refractivity contribution in [2.24, 2.45) is 0 Å². The third-order valence-corrected chi connectivity index (χ3v) is 3.36. The molecule has 20 heavy (non-hydrogen) atoms. The van der Waals surface area contributed by atoms with Gasteiger partial charge in [-0.05, 0) is 29.2 Å². The Morgan fingerprint density at radius 3 is 2.75 bits per heavy atom. The molecule has 0 bridgehead atoms. The van der Waals surface area contributed by atoms with Crippen LogP contribution < -0.4 is 0 Å². The van der Waals surface area contributed by atoms with Crippen LogP contribution in [0.25, 0.3) is 10.8 Å². The zero-order chi connectivity index (χ0) is 14.4. The summed E-state index contributed by atoms with van der Waals surface area (Å²) in [5.41, 5.74) is 0.935. The van der Waals surface area contributed by atoms with Crippen molar-refractivity contribution >= 4 is 16.7 Å². The summed E-state index contributed by atoms with van der Waals surface area (Å²) in [6.07, 6.45) is 1.12. The van der Waals surface area contributed by atoms with E-state index in [0.717, 1.165) is 16.3 Å². The summed E-state index contributed by atoms with van der Waals surface area (Å²) in [5.74, 6) is -0.190. The quantitative estimate of drug-likeness (QED) is 0.645. The number of fused-ring (bicyclic) bond motifs is 1. The highest BCUT2D eigenvalue weighted by atomic mass is 16.5. The molecule has 2 aromatic rings. The number of hydrogen-bond donors (Lipinski definition) is 1. The summed E-state index contributed by atoms with van der Waals surface area (Å²) in [4.78, 5) is 11.0. The molecule has 0 aliphatic rings. The van der Waals surface area contributed by atoms with Gasteiger partial charge in [0, 0.05) is 6.42 Å². The molecule has 0 heterocycles.